The molecule has 1 saturated carbocycles. The van der Waals surface area contributed by atoms with Crippen molar-refractivity contribution in [3.05, 3.63) is 64.7 Å². The number of guanidine groups is 1. The highest BCUT2D eigenvalue weighted by Crippen LogP contribution is 2.60. The predicted molar refractivity (Wildman–Crippen MR) is 124 cm³/mol. The van der Waals surface area contributed by atoms with Crippen LogP contribution in [0.1, 0.15) is 41.0 Å². The molecule has 0 aromatic heterocycles. The molecule has 0 amide bonds. The molecule has 0 bridgehead atoms. The zero-order valence-electron chi connectivity index (χ0n) is 18.6. The molecular formula is C26H33N3O2. The second-order valence-corrected chi connectivity index (χ2v) is 9.12. The average Bonchev–Trinajstić information content (AvgIpc) is 3.12. The van der Waals surface area contributed by atoms with Crippen LogP contribution in [0.3, 0.4) is 0 Å². The molecule has 5 nitrogen and oxygen atoms in total. The SMILES string of the molecule is CN=C(NCc1ccc(C)cc1OCC1CCCO1)NCC1C2Cc3ccccc3C12. The molecule has 2 aromatic rings. The second kappa shape index (κ2) is 8.91. The van der Waals surface area contributed by atoms with E-state index in [4.69, 9.17) is 9.47 Å². The maximum Gasteiger partial charge on any atom is 0.191 e. The summed E-state index contributed by atoms with van der Waals surface area (Å²) in [6, 6.07) is 15.3. The topological polar surface area (TPSA) is 54.9 Å². The number of fused-ring (bicyclic) bond motifs is 3. The molecule has 4 atom stereocenters. The minimum absolute atomic E-state index is 0.221. The maximum absolute atomic E-state index is 6.13. The van der Waals surface area contributed by atoms with Crippen molar-refractivity contribution in [1.29, 1.82) is 0 Å². The number of rotatable bonds is 7. The Morgan fingerprint density at radius 1 is 1.19 bits per heavy atom. The standard InChI is InChI=1S/C26H33N3O2/c1-17-9-10-19(24(12-17)31-16-20-7-5-11-30-20)14-28-26(27-2)29-15-23-22-13-18-6-3-4-8-21(18)25(22)23/h3-4,6,8-10,12,20,22-23,25H,5,7,11,13-16H2,1-2H3,(H2,27,28,29). The summed E-state index contributed by atoms with van der Waals surface area (Å²) in [6.45, 7) is 5.23. The van der Waals surface area contributed by atoms with Gasteiger partial charge in [-0.3, -0.25) is 4.99 Å². The van der Waals surface area contributed by atoms with Crippen LogP contribution < -0.4 is 15.4 Å². The molecule has 1 saturated heterocycles. The Kier molecular flexibility index (Phi) is 5.86. The summed E-state index contributed by atoms with van der Waals surface area (Å²) in [5, 5.41) is 7.02. The number of nitrogens with one attached hydrogen (secondary N) is 2. The molecular weight excluding hydrogens is 386 g/mol. The third kappa shape index (κ3) is 4.42. The van der Waals surface area contributed by atoms with E-state index < -0.39 is 0 Å². The van der Waals surface area contributed by atoms with E-state index in [1.807, 2.05) is 7.05 Å². The van der Waals surface area contributed by atoms with Gasteiger partial charge in [0.1, 0.15) is 12.4 Å². The second-order valence-electron chi connectivity index (χ2n) is 9.12. The van der Waals surface area contributed by atoms with Crippen molar-refractivity contribution in [2.75, 3.05) is 26.8 Å². The van der Waals surface area contributed by atoms with Gasteiger partial charge in [-0.15, -0.1) is 0 Å². The third-order valence-corrected chi connectivity index (χ3v) is 7.05. The Morgan fingerprint density at radius 2 is 2.10 bits per heavy atom. The largest absolute Gasteiger partial charge is 0.491 e. The van der Waals surface area contributed by atoms with Crippen LogP contribution >= 0.6 is 0 Å². The van der Waals surface area contributed by atoms with Crippen LogP contribution in [0.4, 0.5) is 0 Å². The van der Waals surface area contributed by atoms with Crippen molar-refractivity contribution in [1.82, 2.24) is 10.6 Å². The van der Waals surface area contributed by atoms with E-state index in [9.17, 15) is 0 Å². The minimum Gasteiger partial charge on any atom is -0.491 e. The van der Waals surface area contributed by atoms with E-state index in [2.05, 4.69) is 65.0 Å². The molecule has 0 spiro atoms. The lowest BCUT2D eigenvalue weighted by atomic mass is 10.0. The summed E-state index contributed by atoms with van der Waals surface area (Å²) in [6.07, 6.45) is 3.67. The normalized spacial score (nSPS) is 26.3. The Labute approximate surface area is 185 Å². The van der Waals surface area contributed by atoms with Gasteiger partial charge in [0.25, 0.3) is 0 Å². The van der Waals surface area contributed by atoms with Gasteiger partial charge in [-0.1, -0.05) is 36.4 Å². The smallest absolute Gasteiger partial charge is 0.191 e. The molecule has 2 aliphatic carbocycles. The summed E-state index contributed by atoms with van der Waals surface area (Å²) in [5.74, 6) is 4.04. The number of hydrogen-bond acceptors (Lipinski definition) is 3. The molecule has 164 valence electrons. The fourth-order valence-electron chi connectivity index (χ4n) is 5.28. The van der Waals surface area contributed by atoms with Crippen LogP contribution in [0.25, 0.3) is 0 Å². The Balaban J connectivity index is 1.13. The highest BCUT2D eigenvalue weighted by molar-refractivity contribution is 5.79. The number of hydrogen-bond donors (Lipinski definition) is 2. The average molecular weight is 420 g/mol. The molecule has 1 aliphatic heterocycles. The van der Waals surface area contributed by atoms with Gasteiger partial charge in [0.15, 0.2) is 5.96 Å². The van der Waals surface area contributed by atoms with Crippen molar-refractivity contribution in [3.63, 3.8) is 0 Å². The number of aliphatic imine (C=N–C) groups is 1. The van der Waals surface area contributed by atoms with Gasteiger partial charge in [0.2, 0.25) is 0 Å². The number of ether oxygens (including phenoxy) is 2. The first-order valence-electron chi connectivity index (χ1n) is 11.6. The van der Waals surface area contributed by atoms with Crippen LogP contribution in [-0.2, 0) is 17.7 Å². The van der Waals surface area contributed by atoms with Crippen molar-refractivity contribution in [2.45, 2.75) is 44.8 Å². The minimum atomic E-state index is 0.221. The highest BCUT2D eigenvalue weighted by Gasteiger charge is 2.54. The summed E-state index contributed by atoms with van der Waals surface area (Å²) < 4.78 is 11.8. The fourth-order valence-corrected chi connectivity index (χ4v) is 5.28. The summed E-state index contributed by atoms with van der Waals surface area (Å²) >= 11 is 0. The van der Waals surface area contributed by atoms with Gasteiger partial charge < -0.3 is 20.1 Å². The van der Waals surface area contributed by atoms with E-state index in [-0.39, 0.29) is 6.10 Å². The maximum atomic E-state index is 6.13. The molecule has 3 aliphatic rings. The first-order valence-corrected chi connectivity index (χ1v) is 11.6. The lowest BCUT2D eigenvalue weighted by Gasteiger charge is -2.17. The molecule has 2 fully saturated rings. The van der Waals surface area contributed by atoms with Crippen molar-refractivity contribution >= 4 is 5.96 Å². The fraction of sp³-hybridized carbons (Fsp3) is 0.500. The molecule has 2 aromatic carbocycles. The Morgan fingerprint density at radius 3 is 2.94 bits per heavy atom. The summed E-state index contributed by atoms with van der Waals surface area (Å²) in [7, 11) is 1.84. The van der Waals surface area contributed by atoms with Crippen molar-refractivity contribution in [3.8, 4) is 5.75 Å². The van der Waals surface area contributed by atoms with Crippen LogP contribution in [0.15, 0.2) is 47.5 Å². The molecule has 1 heterocycles. The first-order chi connectivity index (χ1) is 15.2. The van der Waals surface area contributed by atoms with Crippen LogP contribution in [0.2, 0.25) is 0 Å². The quantitative estimate of drug-likeness (QED) is 0.529. The van der Waals surface area contributed by atoms with Gasteiger partial charge in [-0.2, -0.15) is 0 Å². The molecule has 0 radical (unpaired) electrons. The molecule has 4 unspecified atom stereocenters. The summed E-state index contributed by atoms with van der Waals surface area (Å²) in [4.78, 5) is 4.43. The van der Waals surface area contributed by atoms with E-state index in [1.165, 1.54) is 12.0 Å². The Bertz CT molecular complexity index is 951. The molecule has 5 rings (SSSR count). The zero-order chi connectivity index (χ0) is 21.2. The lowest BCUT2D eigenvalue weighted by molar-refractivity contribution is 0.0676. The van der Waals surface area contributed by atoms with Gasteiger partial charge in [0.05, 0.1) is 6.10 Å². The van der Waals surface area contributed by atoms with Crippen molar-refractivity contribution in [2.24, 2.45) is 16.8 Å². The van der Waals surface area contributed by atoms with Crippen LogP contribution in [0, 0.1) is 18.8 Å². The lowest BCUT2D eigenvalue weighted by Crippen LogP contribution is -2.38. The third-order valence-electron chi connectivity index (χ3n) is 7.05. The van der Waals surface area contributed by atoms with Gasteiger partial charge in [-0.25, -0.2) is 0 Å². The van der Waals surface area contributed by atoms with E-state index >= 15 is 0 Å². The molecule has 2 N–H and O–H groups in total. The number of nitrogens with zero attached hydrogens (tertiary/aromatic N) is 1. The Hall–Kier alpha value is -2.53. The first kappa shape index (κ1) is 20.4. The van der Waals surface area contributed by atoms with Crippen LogP contribution in [0.5, 0.6) is 5.75 Å². The number of benzene rings is 2. The summed E-state index contributed by atoms with van der Waals surface area (Å²) in [5.41, 5.74) is 5.46. The van der Waals surface area contributed by atoms with E-state index in [0.29, 0.717) is 13.2 Å². The van der Waals surface area contributed by atoms with E-state index in [1.54, 1.807) is 11.1 Å². The molecule has 31 heavy (non-hydrogen) atoms. The zero-order valence-corrected chi connectivity index (χ0v) is 18.6. The van der Waals surface area contributed by atoms with E-state index in [0.717, 1.165) is 61.0 Å². The van der Waals surface area contributed by atoms with Crippen LogP contribution in [-0.4, -0.2) is 38.9 Å². The van der Waals surface area contributed by atoms with Gasteiger partial charge in [-0.05, 0) is 66.7 Å². The molecule has 5 heteroatoms. The van der Waals surface area contributed by atoms with Gasteiger partial charge in [0, 0.05) is 32.3 Å². The predicted octanol–water partition coefficient (Wildman–Crippen LogP) is 3.80. The van der Waals surface area contributed by atoms with Crippen molar-refractivity contribution < 1.29 is 9.47 Å². The monoisotopic (exact) mass is 419 g/mol. The highest BCUT2D eigenvalue weighted by atomic mass is 16.5. The van der Waals surface area contributed by atoms with Gasteiger partial charge >= 0.3 is 0 Å². The number of aryl methyl sites for hydroxylation is 1.